The molecule has 102 valence electrons. The van der Waals surface area contributed by atoms with Crippen LogP contribution in [-0.4, -0.2) is 4.92 Å². The highest BCUT2D eigenvalue weighted by atomic mass is 16.6. The molecule has 0 atom stereocenters. The van der Waals surface area contributed by atoms with E-state index in [4.69, 9.17) is 4.74 Å². The maximum atomic E-state index is 10.2. The molecule has 20 heavy (non-hydrogen) atoms. The Bertz CT molecular complexity index is 618. The first-order chi connectivity index (χ1) is 9.63. The minimum absolute atomic E-state index is 0.484. The van der Waals surface area contributed by atoms with Gasteiger partial charge in [0.05, 0.1) is 4.92 Å². The zero-order valence-corrected chi connectivity index (χ0v) is 11.2. The van der Waals surface area contributed by atoms with Crippen molar-refractivity contribution in [3.8, 4) is 5.75 Å². The molecular weight excluding hydrogens is 254 g/mol. The summed E-state index contributed by atoms with van der Waals surface area (Å²) in [5.41, 5.74) is 3.08. The van der Waals surface area contributed by atoms with Gasteiger partial charge in [0.2, 0.25) is 6.20 Å². The smallest absolute Gasteiger partial charge is 0.235 e. The maximum absolute atomic E-state index is 10.2. The average Bonchev–Trinajstić information content (AvgIpc) is 2.44. The average molecular weight is 269 g/mol. The third kappa shape index (κ3) is 4.24. The number of hydrogen-bond acceptors (Lipinski definition) is 3. The van der Waals surface area contributed by atoms with E-state index in [0.29, 0.717) is 6.61 Å². The fourth-order valence-corrected chi connectivity index (χ4v) is 1.79. The van der Waals surface area contributed by atoms with Gasteiger partial charge in [-0.25, -0.2) is 0 Å². The van der Waals surface area contributed by atoms with Crippen LogP contribution in [0.15, 0.2) is 54.7 Å². The normalized spacial score (nSPS) is 10.7. The third-order valence-corrected chi connectivity index (χ3v) is 2.76. The van der Waals surface area contributed by atoms with Gasteiger partial charge < -0.3 is 4.74 Å². The Hall–Kier alpha value is -2.62. The van der Waals surface area contributed by atoms with Crippen LogP contribution >= 0.6 is 0 Å². The van der Waals surface area contributed by atoms with Crippen molar-refractivity contribution in [3.63, 3.8) is 0 Å². The van der Waals surface area contributed by atoms with Crippen LogP contribution in [0.25, 0.3) is 6.08 Å². The summed E-state index contributed by atoms with van der Waals surface area (Å²) in [6.07, 6.45) is 2.37. The number of benzene rings is 2. The lowest BCUT2D eigenvalue weighted by atomic mass is 10.1. The van der Waals surface area contributed by atoms with E-state index in [0.717, 1.165) is 23.1 Å². The zero-order valence-electron chi connectivity index (χ0n) is 11.2. The molecule has 4 nitrogen and oxygen atoms in total. The predicted octanol–water partition coefficient (Wildman–Crippen LogP) is 3.82. The number of rotatable bonds is 5. The Morgan fingerprint density at radius 1 is 1.20 bits per heavy atom. The van der Waals surface area contributed by atoms with E-state index in [9.17, 15) is 10.1 Å². The molecule has 2 rings (SSSR count). The van der Waals surface area contributed by atoms with Gasteiger partial charge in [0.1, 0.15) is 12.4 Å². The molecule has 4 heteroatoms. The van der Waals surface area contributed by atoms with E-state index < -0.39 is 4.92 Å². The largest absolute Gasteiger partial charge is 0.489 e. The molecule has 0 aliphatic heterocycles. The summed E-state index contributed by atoms with van der Waals surface area (Å²) >= 11 is 0. The molecule has 0 saturated heterocycles. The van der Waals surface area contributed by atoms with Gasteiger partial charge >= 0.3 is 0 Å². The molecule has 2 aromatic rings. The molecule has 0 spiro atoms. The SMILES string of the molecule is Cc1cccc(COc2ccc(/C=C/[N+](=O)[O-])cc2)c1. The molecule has 0 unspecified atom stereocenters. The van der Waals surface area contributed by atoms with Gasteiger partial charge in [-0.2, -0.15) is 0 Å². The highest BCUT2D eigenvalue weighted by Crippen LogP contribution is 2.15. The second kappa shape index (κ2) is 6.52. The van der Waals surface area contributed by atoms with E-state index in [2.05, 4.69) is 6.07 Å². The molecule has 0 saturated carbocycles. The summed E-state index contributed by atoms with van der Waals surface area (Å²) in [7, 11) is 0. The van der Waals surface area contributed by atoms with Crippen LogP contribution in [0.5, 0.6) is 5.75 Å². The number of nitrogens with zero attached hydrogens (tertiary/aromatic N) is 1. The van der Waals surface area contributed by atoms with Gasteiger partial charge in [-0.1, -0.05) is 42.0 Å². The lowest BCUT2D eigenvalue weighted by Crippen LogP contribution is -1.95. The molecule has 0 heterocycles. The van der Waals surface area contributed by atoms with Crippen molar-refractivity contribution in [2.45, 2.75) is 13.5 Å². The van der Waals surface area contributed by atoms with E-state index in [-0.39, 0.29) is 0 Å². The number of nitro groups is 1. The van der Waals surface area contributed by atoms with E-state index in [1.165, 1.54) is 11.6 Å². The first-order valence-corrected chi connectivity index (χ1v) is 6.23. The van der Waals surface area contributed by atoms with Crippen molar-refractivity contribution in [3.05, 3.63) is 81.5 Å². The van der Waals surface area contributed by atoms with Crippen molar-refractivity contribution in [1.29, 1.82) is 0 Å². The molecule has 0 N–H and O–H groups in total. The van der Waals surface area contributed by atoms with Crippen LogP contribution in [0, 0.1) is 17.0 Å². The second-order valence-electron chi connectivity index (χ2n) is 4.45. The summed E-state index contributed by atoms with van der Waals surface area (Å²) < 4.78 is 5.67. The van der Waals surface area contributed by atoms with E-state index in [1.807, 2.05) is 25.1 Å². The first-order valence-electron chi connectivity index (χ1n) is 6.23. The van der Waals surface area contributed by atoms with Crippen molar-refractivity contribution < 1.29 is 9.66 Å². The Morgan fingerprint density at radius 3 is 2.60 bits per heavy atom. The van der Waals surface area contributed by atoms with E-state index in [1.54, 1.807) is 24.3 Å². The summed E-state index contributed by atoms with van der Waals surface area (Å²) in [5.74, 6) is 0.741. The van der Waals surface area contributed by atoms with Gasteiger partial charge in [-0.05, 0) is 30.2 Å². The molecule has 0 aliphatic rings. The molecule has 0 aromatic heterocycles. The summed E-state index contributed by atoms with van der Waals surface area (Å²) in [6, 6.07) is 15.3. The van der Waals surface area contributed by atoms with Crippen molar-refractivity contribution in [2.24, 2.45) is 0 Å². The fraction of sp³-hybridized carbons (Fsp3) is 0.125. The summed E-state index contributed by atoms with van der Waals surface area (Å²) in [4.78, 5) is 9.74. The minimum Gasteiger partial charge on any atom is -0.489 e. The van der Waals surface area contributed by atoms with Gasteiger partial charge in [0.25, 0.3) is 0 Å². The van der Waals surface area contributed by atoms with Gasteiger partial charge in [-0.15, -0.1) is 0 Å². The summed E-state index contributed by atoms with van der Waals surface area (Å²) in [5, 5.41) is 10.2. The van der Waals surface area contributed by atoms with Crippen LogP contribution < -0.4 is 4.74 Å². The predicted molar refractivity (Wildman–Crippen MR) is 78.0 cm³/mol. The van der Waals surface area contributed by atoms with Crippen LogP contribution in [0.2, 0.25) is 0 Å². The Balaban J connectivity index is 1.95. The lowest BCUT2D eigenvalue weighted by molar-refractivity contribution is -0.400. The Kier molecular flexibility index (Phi) is 4.50. The third-order valence-electron chi connectivity index (χ3n) is 2.76. The zero-order chi connectivity index (χ0) is 14.4. The van der Waals surface area contributed by atoms with Gasteiger partial charge in [0.15, 0.2) is 0 Å². The molecular formula is C16H15NO3. The van der Waals surface area contributed by atoms with Gasteiger partial charge in [-0.3, -0.25) is 10.1 Å². The number of ether oxygens (including phenoxy) is 1. The lowest BCUT2D eigenvalue weighted by Gasteiger charge is -2.07. The Morgan fingerprint density at radius 2 is 1.95 bits per heavy atom. The monoisotopic (exact) mass is 269 g/mol. The van der Waals surface area contributed by atoms with Gasteiger partial charge in [0, 0.05) is 6.08 Å². The highest BCUT2D eigenvalue weighted by Gasteiger charge is 1.97. The van der Waals surface area contributed by atoms with Crippen LogP contribution in [-0.2, 0) is 6.61 Å². The molecule has 0 bridgehead atoms. The number of aryl methyl sites for hydroxylation is 1. The number of hydrogen-bond donors (Lipinski definition) is 0. The van der Waals surface area contributed by atoms with Crippen LogP contribution in [0.1, 0.15) is 16.7 Å². The van der Waals surface area contributed by atoms with Crippen molar-refractivity contribution >= 4 is 6.08 Å². The minimum atomic E-state index is -0.484. The summed E-state index contributed by atoms with van der Waals surface area (Å²) in [6.45, 7) is 2.55. The van der Waals surface area contributed by atoms with Crippen LogP contribution in [0.3, 0.4) is 0 Å². The fourth-order valence-electron chi connectivity index (χ4n) is 1.79. The Labute approximate surface area is 117 Å². The quantitative estimate of drug-likeness (QED) is 0.612. The highest BCUT2D eigenvalue weighted by molar-refractivity contribution is 5.49. The molecule has 0 radical (unpaired) electrons. The van der Waals surface area contributed by atoms with Crippen molar-refractivity contribution in [1.82, 2.24) is 0 Å². The van der Waals surface area contributed by atoms with Crippen molar-refractivity contribution in [2.75, 3.05) is 0 Å². The molecule has 0 fully saturated rings. The molecule has 0 amide bonds. The standard InChI is InChI=1S/C16H15NO3/c1-13-3-2-4-15(11-13)12-20-16-7-5-14(6-8-16)9-10-17(18)19/h2-11H,12H2,1H3/b10-9+. The topological polar surface area (TPSA) is 52.4 Å². The van der Waals surface area contributed by atoms with Crippen LogP contribution in [0.4, 0.5) is 0 Å². The first kappa shape index (κ1) is 13.8. The molecule has 0 aliphatic carbocycles. The second-order valence-corrected chi connectivity index (χ2v) is 4.45. The molecule has 2 aromatic carbocycles. The maximum Gasteiger partial charge on any atom is 0.235 e. The van der Waals surface area contributed by atoms with E-state index >= 15 is 0 Å².